The summed E-state index contributed by atoms with van der Waals surface area (Å²) < 4.78 is 0. The maximum Gasteiger partial charge on any atom is 0.0336 e. The van der Waals surface area contributed by atoms with Crippen LogP contribution in [0, 0.1) is 0 Å². The Labute approximate surface area is 141 Å². The maximum absolute atomic E-state index is 4.10. The van der Waals surface area contributed by atoms with Crippen LogP contribution in [0.3, 0.4) is 0 Å². The number of hydrogen-bond acceptors (Lipinski definition) is 1. The fraction of sp³-hybridized carbons (Fsp3) is 0.600. The lowest BCUT2D eigenvalue weighted by molar-refractivity contribution is 0.569. The van der Waals surface area contributed by atoms with Crippen LogP contribution in [0.2, 0.25) is 0 Å². The van der Waals surface area contributed by atoms with Crippen molar-refractivity contribution < 1.29 is 0 Å². The minimum absolute atomic E-state index is 0.298. The van der Waals surface area contributed by atoms with Crippen LogP contribution in [0.15, 0.2) is 47.7 Å². The number of allylic oxidation sites excluding steroid dienone is 4. The lowest BCUT2D eigenvalue weighted by atomic mass is 9.93. The molecule has 0 radical (unpaired) electrons. The lowest BCUT2D eigenvalue weighted by Crippen LogP contribution is -2.24. The van der Waals surface area contributed by atoms with Crippen LogP contribution in [-0.4, -0.2) is 11.2 Å². The first kappa shape index (κ1) is 21.2. The van der Waals surface area contributed by atoms with E-state index in [-0.39, 0.29) is 0 Å². The van der Waals surface area contributed by atoms with Crippen LogP contribution in [0.5, 0.6) is 0 Å². The number of nitrogens with one attached hydrogen (secondary N) is 1. The van der Waals surface area contributed by atoms with Gasteiger partial charge in [0.1, 0.15) is 0 Å². The molecule has 0 saturated carbocycles. The summed E-state index contributed by atoms with van der Waals surface area (Å²) in [5.74, 6) is 0. The van der Waals surface area contributed by atoms with E-state index in [2.05, 4.69) is 81.4 Å². The van der Waals surface area contributed by atoms with Crippen LogP contribution < -0.4 is 5.32 Å². The first-order chi connectivity index (χ1) is 10.1. The Hall–Kier alpha value is -0.810. The molecule has 126 valence electrons. The van der Waals surface area contributed by atoms with Gasteiger partial charge in [0, 0.05) is 11.7 Å². The van der Waals surface area contributed by atoms with Gasteiger partial charge in [0.25, 0.3) is 0 Å². The SMILES string of the molecule is C=C(/C=C\C(C)=C(/C)CC(C)(P)CCC)C(=C)NC(C)CC. The van der Waals surface area contributed by atoms with Gasteiger partial charge in [-0.05, 0) is 50.8 Å². The van der Waals surface area contributed by atoms with E-state index < -0.39 is 0 Å². The molecule has 0 aromatic carbocycles. The van der Waals surface area contributed by atoms with Crippen molar-refractivity contribution in [2.45, 2.75) is 78.4 Å². The highest BCUT2D eigenvalue weighted by molar-refractivity contribution is 7.18. The Kier molecular flexibility index (Phi) is 9.69. The molecular formula is C20H36NP. The summed E-state index contributed by atoms with van der Waals surface area (Å²) in [6.07, 6.45) is 8.87. The van der Waals surface area contributed by atoms with Crippen molar-refractivity contribution in [3.63, 3.8) is 0 Å². The van der Waals surface area contributed by atoms with E-state index >= 15 is 0 Å². The Bertz CT molecular complexity index is 441. The number of rotatable bonds is 10. The highest BCUT2D eigenvalue weighted by Gasteiger charge is 2.17. The molecule has 0 aliphatic rings. The Morgan fingerprint density at radius 2 is 1.82 bits per heavy atom. The van der Waals surface area contributed by atoms with Crippen molar-refractivity contribution >= 4 is 9.24 Å². The van der Waals surface area contributed by atoms with E-state index in [1.54, 1.807) is 0 Å². The number of hydrogen-bond donors (Lipinski definition) is 1. The van der Waals surface area contributed by atoms with Gasteiger partial charge < -0.3 is 5.32 Å². The molecule has 3 unspecified atom stereocenters. The first-order valence-electron chi connectivity index (χ1n) is 8.41. The van der Waals surface area contributed by atoms with Gasteiger partial charge in [-0.2, -0.15) is 0 Å². The van der Waals surface area contributed by atoms with Gasteiger partial charge in [-0.1, -0.05) is 63.6 Å². The highest BCUT2D eigenvalue weighted by Crippen LogP contribution is 2.32. The summed E-state index contributed by atoms with van der Waals surface area (Å²) in [6, 6.07) is 0.433. The summed E-state index contributed by atoms with van der Waals surface area (Å²) in [5, 5.41) is 3.67. The average Bonchev–Trinajstić information content (AvgIpc) is 2.43. The summed E-state index contributed by atoms with van der Waals surface area (Å²) in [6.45, 7) is 21.5. The van der Waals surface area contributed by atoms with E-state index in [4.69, 9.17) is 0 Å². The van der Waals surface area contributed by atoms with E-state index in [9.17, 15) is 0 Å². The molecular weight excluding hydrogens is 285 g/mol. The fourth-order valence-electron chi connectivity index (χ4n) is 2.37. The highest BCUT2D eigenvalue weighted by atomic mass is 31.0. The first-order valence-corrected chi connectivity index (χ1v) is 8.98. The molecule has 22 heavy (non-hydrogen) atoms. The quantitative estimate of drug-likeness (QED) is 0.375. The summed E-state index contributed by atoms with van der Waals surface area (Å²) >= 11 is 0. The monoisotopic (exact) mass is 321 g/mol. The molecule has 0 aromatic rings. The summed E-state index contributed by atoms with van der Waals surface area (Å²) in [4.78, 5) is 0. The fourth-order valence-corrected chi connectivity index (χ4v) is 2.96. The van der Waals surface area contributed by atoms with Gasteiger partial charge >= 0.3 is 0 Å². The zero-order valence-electron chi connectivity index (χ0n) is 15.6. The molecule has 0 fully saturated rings. The van der Waals surface area contributed by atoms with Crippen LogP contribution in [0.1, 0.15) is 67.2 Å². The smallest absolute Gasteiger partial charge is 0.0336 e. The molecule has 1 nitrogen and oxygen atoms in total. The van der Waals surface area contributed by atoms with Crippen molar-refractivity contribution in [1.82, 2.24) is 5.32 Å². The van der Waals surface area contributed by atoms with Crippen LogP contribution in [0.4, 0.5) is 0 Å². The second-order valence-electron chi connectivity index (χ2n) is 6.83. The van der Waals surface area contributed by atoms with Gasteiger partial charge in [-0.25, -0.2) is 0 Å². The van der Waals surface area contributed by atoms with E-state index in [1.807, 2.05) is 0 Å². The molecule has 0 heterocycles. The molecule has 0 aromatic heterocycles. The average molecular weight is 321 g/mol. The van der Waals surface area contributed by atoms with Crippen LogP contribution in [0.25, 0.3) is 0 Å². The van der Waals surface area contributed by atoms with E-state index in [0.717, 1.165) is 24.1 Å². The molecule has 0 rings (SSSR count). The molecule has 0 spiro atoms. The van der Waals surface area contributed by atoms with Crippen LogP contribution in [-0.2, 0) is 0 Å². The Morgan fingerprint density at radius 3 is 2.32 bits per heavy atom. The zero-order valence-corrected chi connectivity index (χ0v) is 16.7. The standard InChI is InChI=1S/C20H36NP/c1-9-13-20(8,22)14-17(5)15(3)11-12-16(4)19(7)21-18(6)10-2/h11-12,18,21H,4,7,9-10,13-14,22H2,1-3,5-6,8H3/b12-11-,17-15+. The summed E-state index contributed by atoms with van der Waals surface area (Å²) in [7, 11) is 3.02. The van der Waals surface area contributed by atoms with Gasteiger partial charge in [-0.15, -0.1) is 9.24 Å². The van der Waals surface area contributed by atoms with Gasteiger partial charge in [0.15, 0.2) is 0 Å². The molecule has 0 aliphatic heterocycles. The van der Waals surface area contributed by atoms with Crippen molar-refractivity contribution in [1.29, 1.82) is 0 Å². The summed E-state index contributed by atoms with van der Waals surface area (Å²) in [5.41, 5.74) is 4.63. The predicted octanol–water partition coefficient (Wildman–Crippen LogP) is 6.16. The van der Waals surface area contributed by atoms with Gasteiger partial charge in [-0.3, -0.25) is 0 Å². The third-order valence-corrected chi connectivity index (χ3v) is 4.61. The molecule has 0 amide bonds. The third kappa shape index (κ3) is 8.59. The largest absolute Gasteiger partial charge is 0.383 e. The second-order valence-corrected chi connectivity index (χ2v) is 8.23. The Balaban J connectivity index is 4.73. The molecule has 0 bridgehead atoms. The lowest BCUT2D eigenvalue weighted by Gasteiger charge is -2.24. The van der Waals surface area contributed by atoms with Crippen molar-refractivity contribution in [3.05, 3.63) is 47.7 Å². The Morgan fingerprint density at radius 1 is 1.23 bits per heavy atom. The maximum atomic E-state index is 4.10. The molecule has 1 N–H and O–H groups in total. The third-order valence-electron chi connectivity index (χ3n) is 4.12. The van der Waals surface area contributed by atoms with Crippen molar-refractivity contribution in [3.8, 4) is 0 Å². The topological polar surface area (TPSA) is 12.0 Å². The van der Waals surface area contributed by atoms with Crippen molar-refractivity contribution in [2.75, 3.05) is 0 Å². The molecule has 3 atom stereocenters. The van der Waals surface area contributed by atoms with Gasteiger partial charge in [0.05, 0.1) is 0 Å². The van der Waals surface area contributed by atoms with Gasteiger partial charge in [0.2, 0.25) is 0 Å². The molecule has 2 heteroatoms. The minimum atomic E-state index is 0.298. The minimum Gasteiger partial charge on any atom is -0.383 e. The van der Waals surface area contributed by atoms with Crippen LogP contribution >= 0.6 is 9.24 Å². The molecule has 0 aliphatic carbocycles. The van der Waals surface area contributed by atoms with E-state index in [1.165, 1.54) is 24.0 Å². The zero-order chi connectivity index (χ0) is 17.3. The van der Waals surface area contributed by atoms with Crippen molar-refractivity contribution in [2.24, 2.45) is 0 Å². The normalized spacial score (nSPS) is 16.9. The van der Waals surface area contributed by atoms with E-state index in [0.29, 0.717) is 11.2 Å². The molecule has 0 saturated heterocycles. The second kappa shape index (κ2) is 10.1. The predicted molar refractivity (Wildman–Crippen MR) is 106 cm³/mol.